The SMILES string of the molecule is O=C1NC(=S)N(c2cccc(Cl)c2)C(=O)C1=Cc1ccc(Br)cc1. The summed E-state index contributed by atoms with van der Waals surface area (Å²) in [5, 5.41) is 3.04. The molecule has 1 saturated heterocycles. The summed E-state index contributed by atoms with van der Waals surface area (Å²) in [5.74, 6) is -1.01. The first kappa shape index (κ1) is 16.8. The van der Waals surface area contributed by atoms with Gasteiger partial charge in [-0.3, -0.25) is 19.8 Å². The molecule has 1 aliphatic rings. The van der Waals surface area contributed by atoms with E-state index in [-0.39, 0.29) is 10.7 Å². The number of halogens is 2. The van der Waals surface area contributed by atoms with E-state index in [4.69, 9.17) is 23.8 Å². The first-order chi connectivity index (χ1) is 11.5. The summed E-state index contributed by atoms with van der Waals surface area (Å²) in [4.78, 5) is 26.2. The molecular formula is C17H10BrClN2O2S. The molecule has 3 rings (SSSR count). The molecule has 0 aliphatic carbocycles. The lowest BCUT2D eigenvalue weighted by molar-refractivity contribution is -0.122. The van der Waals surface area contributed by atoms with Crippen molar-refractivity contribution in [3.8, 4) is 0 Å². The van der Waals surface area contributed by atoms with Crippen LogP contribution in [0.1, 0.15) is 5.56 Å². The van der Waals surface area contributed by atoms with Crippen molar-refractivity contribution in [2.24, 2.45) is 0 Å². The van der Waals surface area contributed by atoms with Crippen LogP contribution in [0.5, 0.6) is 0 Å². The molecule has 0 radical (unpaired) electrons. The van der Waals surface area contributed by atoms with E-state index in [1.807, 2.05) is 12.1 Å². The average molecular weight is 422 g/mol. The zero-order chi connectivity index (χ0) is 17.3. The Bertz CT molecular complexity index is 880. The van der Waals surface area contributed by atoms with Crippen LogP contribution in [0.15, 0.2) is 58.6 Å². The second-order valence-corrected chi connectivity index (χ2v) is 6.73. The molecule has 0 bridgehead atoms. The highest BCUT2D eigenvalue weighted by atomic mass is 79.9. The number of carbonyl (C=O) groups excluding carboxylic acids is 2. The predicted molar refractivity (Wildman–Crippen MR) is 102 cm³/mol. The van der Waals surface area contributed by atoms with Crippen LogP contribution >= 0.6 is 39.7 Å². The second kappa shape index (κ2) is 6.84. The Morgan fingerprint density at radius 2 is 1.83 bits per heavy atom. The van der Waals surface area contributed by atoms with Crippen molar-refractivity contribution in [3.05, 3.63) is 69.2 Å². The van der Waals surface area contributed by atoms with Crippen LogP contribution in [0, 0.1) is 0 Å². The Morgan fingerprint density at radius 3 is 2.50 bits per heavy atom. The van der Waals surface area contributed by atoms with Gasteiger partial charge in [0.05, 0.1) is 5.69 Å². The number of benzene rings is 2. The molecule has 0 unspecified atom stereocenters. The van der Waals surface area contributed by atoms with Gasteiger partial charge in [0.25, 0.3) is 11.8 Å². The fourth-order valence-electron chi connectivity index (χ4n) is 2.23. The summed E-state index contributed by atoms with van der Waals surface area (Å²) in [5.41, 5.74) is 1.24. The normalized spacial score (nSPS) is 16.5. The van der Waals surface area contributed by atoms with Gasteiger partial charge in [-0.2, -0.15) is 0 Å². The summed E-state index contributed by atoms with van der Waals surface area (Å²) >= 11 is 14.5. The Kier molecular flexibility index (Phi) is 4.80. The minimum atomic E-state index is -0.522. The van der Waals surface area contributed by atoms with Gasteiger partial charge in [0.1, 0.15) is 5.57 Å². The van der Waals surface area contributed by atoms with E-state index in [1.165, 1.54) is 11.0 Å². The number of nitrogens with zero attached hydrogens (tertiary/aromatic N) is 1. The molecule has 1 aliphatic heterocycles. The number of thiocarbonyl (C=S) groups is 1. The molecule has 4 nitrogen and oxygen atoms in total. The molecule has 2 amide bonds. The van der Waals surface area contributed by atoms with Crippen molar-refractivity contribution < 1.29 is 9.59 Å². The molecule has 24 heavy (non-hydrogen) atoms. The minimum Gasteiger partial charge on any atom is -0.298 e. The number of hydrogen-bond acceptors (Lipinski definition) is 3. The van der Waals surface area contributed by atoms with E-state index in [1.54, 1.807) is 36.4 Å². The van der Waals surface area contributed by atoms with Crippen LogP contribution in [0.3, 0.4) is 0 Å². The first-order valence-electron chi connectivity index (χ1n) is 6.88. The predicted octanol–water partition coefficient (Wildman–Crippen LogP) is 3.93. The molecule has 7 heteroatoms. The zero-order valence-corrected chi connectivity index (χ0v) is 15.3. The molecule has 1 N–H and O–H groups in total. The van der Waals surface area contributed by atoms with E-state index in [0.29, 0.717) is 10.7 Å². The molecule has 120 valence electrons. The van der Waals surface area contributed by atoms with Crippen LogP contribution in [0.2, 0.25) is 5.02 Å². The van der Waals surface area contributed by atoms with Gasteiger partial charge in [0.2, 0.25) is 0 Å². The van der Waals surface area contributed by atoms with Gasteiger partial charge in [-0.15, -0.1) is 0 Å². The molecule has 0 atom stereocenters. The van der Waals surface area contributed by atoms with Gasteiger partial charge in [-0.25, -0.2) is 0 Å². The zero-order valence-electron chi connectivity index (χ0n) is 12.1. The average Bonchev–Trinajstić information content (AvgIpc) is 2.53. The van der Waals surface area contributed by atoms with Gasteiger partial charge < -0.3 is 0 Å². The van der Waals surface area contributed by atoms with E-state index in [0.717, 1.165) is 10.0 Å². The summed E-state index contributed by atoms with van der Waals surface area (Å²) in [6.07, 6.45) is 1.53. The van der Waals surface area contributed by atoms with Gasteiger partial charge in [0, 0.05) is 9.50 Å². The van der Waals surface area contributed by atoms with E-state index in [9.17, 15) is 9.59 Å². The number of hydrogen-bond donors (Lipinski definition) is 1. The topological polar surface area (TPSA) is 49.4 Å². The van der Waals surface area contributed by atoms with Crippen LogP contribution in [0.25, 0.3) is 6.08 Å². The number of anilines is 1. The number of amides is 2. The van der Waals surface area contributed by atoms with Gasteiger partial charge >= 0.3 is 0 Å². The van der Waals surface area contributed by atoms with Crippen molar-refractivity contribution >= 4 is 68.4 Å². The Morgan fingerprint density at radius 1 is 1.12 bits per heavy atom. The Balaban J connectivity index is 2.01. The summed E-state index contributed by atoms with van der Waals surface area (Å²) in [6.45, 7) is 0. The van der Waals surface area contributed by atoms with E-state index >= 15 is 0 Å². The third-order valence-corrected chi connectivity index (χ3v) is 4.40. The maximum Gasteiger partial charge on any atom is 0.270 e. The van der Waals surface area contributed by atoms with Crippen molar-refractivity contribution in [2.75, 3.05) is 4.90 Å². The van der Waals surface area contributed by atoms with Crippen molar-refractivity contribution in [2.45, 2.75) is 0 Å². The molecule has 1 fully saturated rings. The molecule has 0 aromatic heterocycles. The highest BCUT2D eigenvalue weighted by molar-refractivity contribution is 9.10. The number of nitrogens with one attached hydrogen (secondary N) is 1. The Labute approximate surface area is 157 Å². The highest BCUT2D eigenvalue weighted by Gasteiger charge is 2.34. The third kappa shape index (κ3) is 3.40. The van der Waals surface area contributed by atoms with Crippen molar-refractivity contribution in [3.63, 3.8) is 0 Å². The van der Waals surface area contributed by atoms with Crippen LogP contribution in [0.4, 0.5) is 5.69 Å². The van der Waals surface area contributed by atoms with Crippen LogP contribution in [-0.2, 0) is 9.59 Å². The van der Waals surface area contributed by atoms with Gasteiger partial charge in [-0.05, 0) is 54.2 Å². The fraction of sp³-hybridized carbons (Fsp3) is 0. The quantitative estimate of drug-likeness (QED) is 0.454. The molecular weight excluding hydrogens is 412 g/mol. The van der Waals surface area contributed by atoms with Crippen molar-refractivity contribution in [1.29, 1.82) is 0 Å². The highest BCUT2D eigenvalue weighted by Crippen LogP contribution is 2.24. The van der Waals surface area contributed by atoms with Crippen molar-refractivity contribution in [1.82, 2.24) is 5.32 Å². The smallest absolute Gasteiger partial charge is 0.270 e. The third-order valence-electron chi connectivity index (χ3n) is 3.35. The molecule has 0 spiro atoms. The van der Waals surface area contributed by atoms with Gasteiger partial charge in [0.15, 0.2) is 5.11 Å². The van der Waals surface area contributed by atoms with Crippen LogP contribution < -0.4 is 10.2 Å². The lowest BCUT2D eigenvalue weighted by Gasteiger charge is -2.29. The maximum absolute atomic E-state index is 12.8. The molecule has 1 heterocycles. The van der Waals surface area contributed by atoms with Gasteiger partial charge in [-0.1, -0.05) is 45.7 Å². The lowest BCUT2D eigenvalue weighted by atomic mass is 10.1. The second-order valence-electron chi connectivity index (χ2n) is 4.99. The molecule has 2 aromatic rings. The molecule has 2 aromatic carbocycles. The summed E-state index contributed by atoms with van der Waals surface area (Å²) in [6, 6.07) is 14.0. The van der Waals surface area contributed by atoms with Crippen LogP contribution in [-0.4, -0.2) is 16.9 Å². The number of carbonyl (C=O) groups is 2. The molecule has 0 saturated carbocycles. The summed E-state index contributed by atoms with van der Waals surface area (Å²) < 4.78 is 0.908. The standard InChI is InChI=1S/C17H10BrClN2O2S/c18-11-6-4-10(5-7-11)8-14-15(22)20-17(24)21(16(14)23)13-3-1-2-12(19)9-13/h1-9H,(H,20,22,24). The largest absolute Gasteiger partial charge is 0.298 e. The minimum absolute atomic E-state index is 0.00546. The monoisotopic (exact) mass is 420 g/mol. The summed E-state index contributed by atoms with van der Waals surface area (Å²) in [7, 11) is 0. The Hall–Kier alpha value is -2.02. The first-order valence-corrected chi connectivity index (χ1v) is 8.46. The number of rotatable bonds is 2. The van der Waals surface area contributed by atoms with E-state index < -0.39 is 11.8 Å². The maximum atomic E-state index is 12.8. The van der Waals surface area contributed by atoms with E-state index in [2.05, 4.69) is 21.2 Å². The fourth-order valence-corrected chi connectivity index (χ4v) is 2.96. The lowest BCUT2D eigenvalue weighted by Crippen LogP contribution is -2.54.